The molecule has 94 valence electrons. The molecule has 0 unspecified atom stereocenters. The first-order valence-corrected chi connectivity index (χ1v) is 6.49. The van der Waals surface area contributed by atoms with Crippen LogP contribution in [0.1, 0.15) is 50.7 Å². The van der Waals surface area contributed by atoms with Gasteiger partial charge in [0, 0.05) is 19.4 Å². The van der Waals surface area contributed by atoms with E-state index in [0.717, 1.165) is 25.0 Å². The summed E-state index contributed by atoms with van der Waals surface area (Å²) in [5.41, 5.74) is 1.69. The minimum Gasteiger partial charge on any atom is -0.385 e. The highest BCUT2D eigenvalue weighted by molar-refractivity contribution is 5.30. The van der Waals surface area contributed by atoms with Gasteiger partial charge in [-0.1, -0.05) is 38.1 Å². The second-order valence-electron chi connectivity index (χ2n) is 5.29. The highest BCUT2D eigenvalue weighted by Gasteiger charge is 2.44. The number of hydrogen-bond acceptors (Lipinski definition) is 2. The lowest BCUT2D eigenvalue weighted by molar-refractivity contribution is -0.142. The second-order valence-corrected chi connectivity index (χ2v) is 5.29. The number of benzene rings is 1. The third-order valence-corrected chi connectivity index (χ3v) is 3.65. The van der Waals surface area contributed by atoms with Gasteiger partial charge in [0.25, 0.3) is 0 Å². The molecule has 1 aliphatic rings. The molecule has 0 spiro atoms. The van der Waals surface area contributed by atoms with Crippen molar-refractivity contribution < 1.29 is 9.84 Å². The average molecular weight is 234 g/mol. The second kappa shape index (κ2) is 4.79. The van der Waals surface area contributed by atoms with Gasteiger partial charge in [0.15, 0.2) is 0 Å². The van der Waals surface area contributed by atoms with E-state index in [4.69, 9.17) is 4.74 Å². The van der Waals surface area contributed by atoms with E-state index in [1.165, 1.54) is 5.56 Å². The Morgan fingerprint density at radius 2 is 1.88 bits per heavy atom. The van der Waals surface area contributed by atoms with Crippen molar-refractivity contribution in [3.05, 3.63) is 35.4 Å². The fourth-order valence-electron chi connectivity index (χ4n) is 2.46. The molecule has 2 nitrogen and oxygen atoms in total. The normalized spacial score (nSPS) is 28.2. The zero-order valence-corrected chi connectivity index (χ0v) is 10.9. The molecular weight excluding hydrogens is 212 g/mol. The highest BCUT2D eigenvalue weighted by Crippen LogP contribution is 2.43. The van der Waals surface area contributed by atoms with Crippen LogP contribution in [-0.2, 0) is 10.3 Å². The monoisotopic (exact) mass is 234 g/mol. The molecule has 1 fully saturated rings. The molecule has 0 aliphatic heterocycles. The van der Waals surface area contributed by atoms with Crippen molar-refractivity contribution >= 4 is 0 Å². The van der Waals surface area contributed by atoms with E-state index >= 15 is 0 Å². The summed E-state index contributed by atoms with van der Waals surface area (Å²) in [5.74, 6) is 0.538. The van der Waals surface area contributed by atoms with Gasteiger partial charge >= 0.3 is 0 Å². The Morgan fingerprint density at radius 3 is 2.35 bits per heavy atom. The van der Waals surface area contributed by atoms with Crippen molar-refractivity contribution in [3.8, 4) is 0 Å². The summed E-state index contributed by atoms with van der Waals surface area (Å²) in [4.78, 5) is 0. The lowest BCUT2D eigenvalue weighted by Gasteiger charge is -2.43. The molecule has 0 saturated heterocycles. The molecule has 0 heterocycles. The molecular formula is C15H22O2. The van der Waals surface area contributed by atoms with Crippen LogP contribution in [0.25, 0.3) is 0 Å². The van der Waals surface area contributed by atoms with E-state index in [9.17, 15) is 5.11 Å². The molecule has 0 amide bonds. The van der Waals surface area contributed by atoms with Gasteiger partial charge in [-0.2, -0.15) is 0 Å². The molecule has 1 aromatic carbocycles. The van der Waals surface area contributed by atoms with Gasteiger partial charge in [0.1, 0.15) is 0 Å². The van der Waals surface area contributed by atoms with Crippen LogP contribution in [0.2, 0.25) is 0 Å². The smallest absolute Gasteiger partial charge is 0.0946 e. The summed E-state index contributed by atoms with van der Waals surface area (Å²) < 4.78 is 5.50. The van der Waals surface area contributed by atoms with Gasteiger partial charge in [0.2, 0.25) is 0 Å². The maximum Gasteiger partial charge on any atom is 0.0946 e. The fourth-order valence-corrected chi connectivity index (χ4v) is 2.46. The predicted molar refractivity (Wildman–Crippen MR) is 69.1 cm³/mol. The van der Waals surface area contributed by atoms with Gasteiger partial charge in [-0.15, -0.1) is 0 Å². The molecule has 0 atom stereocenters. The number of ether oxygens (including phenoxy) is 1. The molecule has 2 rings (SSSR count). The van der Waals surface area contributed by atoms with E-state index < -0.39 is 5.60 Å². The van der Waals surface area contributed by atoms with Crippen molar-refractivity contribution in [2.24, 2.45) is 0 Å². The topological polar surface area (TPSA) is 29.5 Å². The van der Waals surface area contributed by atoms with Crippen LogP contribution in [-0.4, -0.2) is 17.8 Å². The van der Waals surface area contributed by atoms with Gasteiger partial charge < -0.3 is 9.84 Å². The molecule has 0 bridgehead atoms. The summed E-state index contributed by atoms with van der Waals surface area (Å²) in [6, 6.07) is 8.34. The van der Waals surface area contributed by atoms with Crippen LogP contribution in [0, 0.1) is 0 Å². The first-order valence-electron chi connectivity index (χ1n) is 6.49. The summed E-state index contributed by atoms with van der Waals surface area (Å²) in [7, 11) is 0. The largest absolute Gasteiger partial charge is 0.385 e. The SMILES string of the molecule is CCOC1CC(O)(c2ccc(C(C)C)cc2)C1. The number of aliphatic hydroxyl groups is 1. The first kappa shape index (κ1) is 12.6. The molecule has 2 heteroatoms. The first-order chi connectivity index (χ1) is 8.05. The Labute approximate surface area is 104 Å². The van der Waals surface area contributed by atoms with Crippen LogP contribution in [0.4, 0.5) is 0 Å². The van der Waals surface area contributed by atoms with Gasteiger partial charge in [-0.05, 0) is 24.0 Å². The van der Waals surface area contributed by atoms with Gasteiger partial charge in [0.05, 0.1) is 11.7 Å². The van der Waals surface area contributed by atoms with Gasteiger partial charge in [-0.25, -0.2) is 0 Å². The van der Waals surface area contributed by atoms with E-state index in [2.05, 4.69) is 38.1 Å². The Morgan fingerprint density at radius 1 is 1.29 bits per heavy atom. The summed E-state index contributed by atoms with van der Waals surface area (Å²) in [6.45, 7) is 7.08. The molecule has 0 aromatic heterocycles. The number of rotatable bonds is 4. The van der Waals surface area contributed by atoms with E-state index in [0.29, 0.717) is 5.92 Å². The third-order valence-electron chi connectivity index (χ3n) is 3.65. The van der Waals surface area contributed by atoms with Gasteiger partial charge in [-0.3, -0.25) is 0 Å². The van der Waals surface area contributed by atoms with Crippen LogP contribution in [0.5, 0.6) is 0 Å². The van der Waals surface area contributed by atoms with Crippen molar-refractivity contribution in [1.82, 2.24) is 0 Å². The maximum atomic E-state index is 10.4. The Hall–Kier alpha value is -0.860. The lowest BCUT2D eigenvalue weighted by atomic mass is 9.72. The molecule has 1 saturated carbocycles. The molecule has 1 N–H and O–H groups in total. The zero-order chi connectivity index (χ0) is 12.5. The third kappa shape index (κ3) is 2.53. The van der Waals surface area contributed by atoms with E-state index in [-0.39, 0.29) is 6.10 Å². The minimum atomic E-state index is -0.657. The quantitative estimate of drug-likeness (QED) is 0.867. The van der Waals surface area contributed by atoms with Crippen molar-refractivity contribution in [3.63, 3.8) is 0 Å². The Balaban J connectivity index is 2.04. The summed E-state index contributed by atoms with van der Waals surface area (Å²) in [6.07, 6.45) is 1.68. The van der Waals surface area contributed by atoms with E-state index in [1.54, 1.807) is 0 Å². The Bertz CT molecular complexity index is 361. The average Bonchev–Trinajstić information content (AvgIpc) is 2.27. The zero-order valence-electron chi connectivity index (χ0n) is 10.9. The van der Waals surface area contributed by atoms with E-state index in [1.807, 2.05) is 6.92 Å². The summed E-state index contributed by atoms with van der Waals surface area (Å²) in [5, 5.41) is 10.4. The van der Waals surface area contributed by atoms with Crippen molar-refractivity contribution in [2.45, 2.75) is 51.2 Å². The molecule has 0 radical (unpaired) electrons. The van der Waals surface area contributed by atoms with Crippen LogP contribution in [0.15, 0.2) is 24.3 Å². The highest BCUT2D eigenvalue weighted by atomic mass is 16.5. The molecule has 17 heavy (non-hydrogen) atoms. The lowest BCUT2D eigenvalue weighted by Crippen LogP contribution is -2.45. The van der Waals surface area contributed by atoms with Crippen LogP contribution in [0.3, 0.4) is 0 Å². The fraction of sp³-hybridized carbons (Fsp3) is 0.600. The maximum absolute atomic E-state index is 10.4. The molecule has 1 aliphatic carbocycles. The Kier molecular flexibility index (Phi) is 3.55. The number of hydrogen-bond donors (Lipinski definition) is 1. The summed E-state index contributed by atoms with van der Waals surface area (Å²) >= 11 is 0. The standard InChI is InChI=1S/C15H22O2/c1-4-17-14-9-15(16,10-14)13-7-5-12(6-8-13)11(2)3/h5-8,11,14,16H,4,9-10H2,1-3H3. The predicted octanol–water partition coefficient (Wildman–Crippen LogP) is 3.20. The van der Waals surface area contributed by atoms with Crippen LogP contribution < -0.4 is 0 Å². The van der Waals surface area contributed by atoms with Crippen LogP contribution >= 0.6 is 0 Å². The minimum absolute atomic E-state index is 0.231. The molecule has 1 aromatic rings. The van der Waals surface area contributed by atoms with Crippen molar-refractivity contribution in [1.29, 1.82) is 0 Å². The van der Waals surface area contributed by atoms with Crippen molar-refractivity contribution in [2.75, 3.05) is 6.61 Å².